The number of ether oxygens (including phenoxy) is 1. The SMILES string of the molecule is CCCS(=O)(=O)CCN1CCC[C@@H](C(=O)OCC)C1. The van der Waals surface area contributed by atoms with Crippen LogP contribution in [0, 0.1) is 5.92 Å². The van der Waals surface area contributed by atoms with Gasteiger partial charge in [0.25, 0.3) is 0 Å². The van der Waals surface area contributed by atoms with Crippen molar-refractivity contribution in [2.45, 2.75) is 33.1 Å². The molecule has 1 heterocycles. The molecule has 0 aliphatic carbocycles. The Morgan fingerprint density at radius 3 is 2.68 bits per heavy atom. The van der Waals surface area contributed by atoms with Gasteiger partial charge in [-0.05, 0) is 32.7 Å². The lowest BCUT2D eigenvalue weighted by Crippen LogP contribution is -2.41. The molecular formula is C13H25NO4S. The maximum atomic E-state index is 11.7. The molecule has 0 bridgehead atoms. The molecule has 0 aromatic carbocycles. The number of hydrogen-bond donors (Lipinski definition) is 0. The summed E-state index contributed by atoms with van der Waals surface area (Å²) in [6, 6.07) is 0. The van der Waals surface area contributed by atoms with Gasteiger partial charge in [0.2, 0.25) is 0 Å². The van der Waals surface area contributed by atoms with Crippen molar-refractivity contribution in [3.63, 3.8) is 0 Å². The Bertz CT molecular complexity index is 380. The maximum absolute atomic E-state index is 11.7. The number of rotatable bonds is 7. The summed E-state index contributed by atoms with van der Waals surface area (Å²) in [4.78, 5) is 13.7. The number of piperidine rings is 1. The highest BCUT2D eigenvalue weighted by molar-refractivity contribution is 7.91. The van der Waals surface area contributed by atoms with E-state index >= 15 is 0 Å². The second kappa shape index (κ2) is 7.85. The first-order valence-electron chi connectivity index (χ1n) is 7.08. The van der Waals surface area contributed by atoms with Gasteiger partial charge in [-0.1, -0.05) is 6.92 Å². The second-order valence-corrected chi connectivity index (χ2v) is 7.35. The smallest absolute Gasteiger partial charge is 0.310 e. The van der Waals surface area contributed by atoms with Crippen LogP contribution in [0.3, 0.4) is 0 Å². The average Bonchev–Trinajstić information content (AvgIpc) is 2.37. The molecule has 0 spiro atoms. The van der Waals surface area contributed by atoms with Gasteiger partial charge in [-0.15, -0.1) is 0 Å². The summed E-state index contributed by atoms with van der Waals surface area (Å²) in [5.41, 5.74) is 0. The van der Waals surface area contributed by atoms with E-state index in [2.05, 4.69) is 4.90 Å². The molecule has 1 fully saturated rings. The number of esters is 1. The number of nitrogens with zero attached hydrogens (tertiary/aromatic N) is 1. The third-order valence-electron chi connectivity index (χ3n) is 3.36. The number of hydrogen-bond acceptors (Lipinski definition) is 5. The first-order chi connectivity index (χ1) is 8.98. The average molecular weight is 291 g/mol. The zero-order valence-corrected chi connectivity index (χ0v) is 12.7. The molecule has 1 atom stereocenters. The largest absolute Gasteiger partial charge is 0.466 e. The zero-order chi connectivity index (χ0) is 14.3. The van der Waals surface area contributed by atoms with Crippen molar-refractivity contribution >= 4 is 15.8 Å². The summed E-state index contributed by atoms with van der Waals surface area (Å²) in [6.45, 7) is 6.10. The molecule has 5 nitrogen and oxygen atoms in total. The van der Waals surface area contributed by atoms with Crippen LogP contribution in [0.25, 0.3) is 0 Å². The number of carbonyl (C=O) groups excluding carboxylic acids is 1. The summed E-state index contributed by atoms with van der Waals surface area (Å²) in [5, 5.41) is 0. The van der Waals surface area contributed by atoms with Crippen molar-refractivity contribution in [1.82, 2.24) is 4.90 Å². The highest BCUT2D eigenvalue weighted by Gasteiger charge is 2.27. The minimum Gasteiger partial charge on any atom is -0.466 e. The van der Waals surface area contributed by atoms with Crippen molar-refractivity contribution in [2.24, 2.45) is 5.92 Å². The van der Waals surface area contributed by atoms with Crippen LogP contribution in [0.2, 0.25) is 0 Å². The number of likely N-dealkylation sites (tertiary alicyclic amines) is 1. The van der Waals surface area contributed by atoms with Gasteiger partial charge in [0.05, 0.1) is 18.3 Å². The van der Waals surface area contributed by atoms with Gasteiger partial charge in [-0.2, -0.15) is 0 Å². The van der Waals surface area contributed by atoms with E-state index in [-0.39, 0.29) is 23.4 Å². The zero-order valence-electron chi connectivity index (χ0n) is 11.9. The molecule has 1 aliphatic rings. The summed E-state index contributed by atoms with van der Waals surface area (Å²) in [6.07, 6.45) is 2.43. The maximum Gasteiger partial charge on any atom is 0.310 e. The minimum absolute atomic E-state index is 0.0948. The van der Waals surface area contributed by atoms with Crippen LogP contribution in [-0.2, 0) is 19.4 Å². The van der Waals surface area contributed by atoms with Crippen molar-refractivity contribution in [2.75, 3.05) is 37.7 Å². The van der Waals surface area contributed by atoms with Crippen molar-refractivity contribution in [3.8, 4) is 0 Å². The van der Waals surface area contributed by atoms with Crippen molar-refractivity contribution < 1.29 is 17.9 Å². The molecule has 19 heavy (non-hydrogen) atoms. The molecule has 1 aliphatic heterocycles. The van der Waals surface area contributed by atoms with E-state index < -0.39 is 9.84 Å². The van der Waals surface area contributed by atoms with Crippen LogP contribution in [0.4, 0.5) is 0 Å². The van der Waals surface area contributed by atoms with Crippen LogP contribution in [0.5, 0.6) is 0 Å². The van der Waals surface area contributed by atoms with Crippen LogP contribution in [0.1, 0.15) is 33.1 Å². The van der Waals surface area contributed by atoms with E-state index in [4.69, 9.17) is 4.74 Å². The van der Waals surface area contributed by atoms with Crippen molar-refractivity contribution in [1.29, 1.82) is 0 Å². The Morgan fingerprint density at radius 1 is 1.32 bits per heavy atom. The molecule has 0 N–H and O–H groups in total. The van der Waals surface area contributed by atoms with E-state index in [1.54, 1.807) is 6.92 Å². The van der Waals surface area contributed by atoms with E-state index in [1.165, 1.54) is 0 Å². The van der Waals surface area contributed by atoms with E-state index in [1.807, 2.05) is 6.92 Å². The van der Waals surface area contributed by atoms with Gasteiger partial charge in [0.1, 0.15) is 0 Å². The second-order valence-electron chi connectivity index (χ2n) is 5.04. The standard InChI is InChI=1S/C13H25NO4S/c1-3-9-19(16,17)10-8-14-7-5-6-12(11-14)13(15)18-4-2/h12H,3-11H2,1-2H3/t12-/m1/s1. The van der Waals surface area contributed by atoms with Crippen molar-refractivity contribution in [3.05, 3.63) is 0 Å². The highest BCUT2D eigenvalue weighted by Crippen LogP contribution is 2.17. The van der Waals surface area contributed by atoms with Crippen LogP contribution >= 0.6 is 0 Å². The number of carbonyl (C=O) groups is 1. The van der Waals surface area contributed by atoms with E-state index in [9.17, 15) is 13.2 Å². The van der Waals surface area contributed by atoms with Gasteiger partial charge in [-0.3, -0.25) is 4.79 Å². The lowest BCUT2D eigenvalue weighted by atomic mass is 9.98. The van der Waals surface area contributed by atoms with Gasteiger partial charge >= 0.3 is 5.97 Å². The third-order valence-corrected chi connectivity index (χ3v) is 5.19. The first kappa shape index (κ1) is 16.4. The number of sulfone groups is 1. The Labute approximate surface area is 116 Å². The molecule has 6 heteroatoms. The summed E-state index contributed by atoms with van der Waals surface area (Å²) in [7, 11) is -2.94. The van der Waals surface area contributed by atoms with E-state index in [0.29, 0.717) is 26.1 Å². The van der Waals surface area contributed by atoms with Crippen LogP contribution < -0.4 is 0 Å². The summed E-state index contributed by atoms with van der Waals surface area (Å²) >= 11 is 0. The highest BCUT2D eigenvalue weighted by atomic mass is 32.2. The summed E-state index contributed by atoms with van der Waals surface area (Å²) in [5.74, 6) is 0.199. The molecule has 112 valence electrons. The lowest BCUT2D eigenvalue weighted by Gasteiger charge is -2.31. The fourth-order valence-electron chi connectivity index (χ4n) is 2.39. The van der Waals surface area contributed by atoms with Crippen LogP contribution in [0.15, 0.2) is 0 Å². The fourth-order valence-corrected chi connectivity index (χ4v) is 3.75. The minimum atomic E-state index is -2.94. The molecule has 0 unspecified atom stereocenters. The molecule has 0 amide bonds. The lowest BCUT2D eigenvalue weighted by molar-refractivity contribution is -0.149. The summed E-state index contributed by atoms with van der Waals surface area (Å²) < 4.78 is 28.4. The molecule has 0 saturated carbocycles. The van der Waals surface area contributed by atoms with Gasteiger partial charge in [0, 0.05) is 18.8 Å². The monoisotopic (exact) mass is 291 g/mol. The van der Waals surface area contributed by atoms with Gasteiger partial charge in [-0.25, -0.2) is 8.42 Å². The predicted molar refractivity (Wildman–Crippen MR) is 74.7 cm³/mol. The molecule has 0 aromatic rings. The molecular weight excluding hydrogens is 266 g/mol. The van der Waals surface area contributed by atoms with Crippen LogP contribution in [-0.4, -0.2) is 57.0 Å². The topological polar surface area (TPSA) is 63.7 Å². The Balaban J connectivity index is 2.41. The van der Waals surface area contributed by atoms with E-state index in [0.717, 1.165) is 19.4 Å². The predicted octanol–water partition coefficient (Wildman–Crippen LogP) is 1.09. The van der Waals surface area contributed by atoms with Gasteiger partial charge < -0.3 is 9.64 Å². The fraction of sp³-hybridized carbons (Fsp3) is 0.923. The Hall–Kier alpha value is -0.620. The molecule has 0 radical (unpaired) electrons. The Kier molecular flexibility index (Phi) is 6.79. The molecule has 1 rings (SSSR count). The van der Waals surface area contributed by atoms with Gasteiger partial charge in [0.15, 0.2) is 9.84 Å². The quantitative estimate of drug-likeness (QED) is 0.657. The third kappa shape index (κ3) is 5.91. The normalized spacial score (nSPS) is 21.3. The Morgan fingerprint density at radius 2 is 2.05 bits per heavy atom. The molecule has 1 saturated heterocycles. The first-order valence-corrected chi connectivity index (χ1v) is 8.90. The molecule has 0 aromatic heterocycles.